The van der Waals surface area contributed by atoms with E-state index in [0.29, 0.717) is 6.54 Å². The number of thiazole rings is 1. The van der Waals surface area contributed by atoms with Crippen LogP contribution in [0, 0.1) is 11.6 Å². The maximum atomic E-state index is 14.0. The molecule has 1 aromatic heterocycles. The summed E-state index contributed by atoms with van der Waals surface area (Å²) in [6.45, 7) is 0.324. The number of carbonyl (C=O) groups excluding carboxylic acids is 3. The van der Waals surface area contributed by atoms with E-state index < -0.39 is 35.9 Å². The monoisotopic (exact) mass is 396 g/mol. The van der Waals surface area contributed by atoms with Gasteiger partial charge in [0.2, 0.25) is 17.7 Å². The third kappa shape index (κ3) is 4.11. The standard InChI is InChI=1S/C17H18F2N4O3S/c1-21(2)5-6-22(15(26)9-23-13(24)3-4-14(23)25)17-20-16-11(19)7-10(18)8-12(16)27-17/h7-8H,3-6,9H2,1-2H3. The second kappa shape index (κ2) is 7.65. The molecule has 0 N–H and O–H groups in total. The van der Waals surface area contributed by atoms with Crippen molar-refractivity contribution in [2.75, 3.05) is 38.6 Å². The molecule has 27 heavy (non-hydrogen) atoms. The van der Waals surface area contributed by atoms with Crippen LogP contribution in [0.5, 0.6) is 0 Å². The molecule has 0 aliphatic carbocycles. The highest BCUT2D eigenvalue weighted by atomic mass is 32.1. The summed E-state index contributed by atoms with van der Waals surface area (Å²) in [5.41, 5.74) is -0.0209. The molecule has 0 atom stereocenters. The molecule has 0 radical (unpaired) electrons. The molecular weight excluding hydrogens is 378 g/mol. The van der Waals surface area contributed by atoms with Crippen LogP contribution in [0.3, 0.4) is 0 Å². The average molecular weight is 396 g/mol. The predicted molar refractivity (Wildman–Crippen MR) is 96.4 cm³/mol. The summed E-state index contributed by atoms with van der Waals surface area (Å²) >= 11 is 0.980. The van der Waals surface area contributed by atoms with Gasteiger partial charge in [0, 0.05) is 32.0 Å². The summed E-state index contributed by atoms with van der Waals surface area (Å²) in [4.78, 5) is 44.6. The van der Waals surface area contributed by atoms with Crippen LogP contribution in [0.15, 0.2) is 12.1 Å². The third-order valence-electron chi connectivity index (χ3n) is 4.15. The lowest BCUT2D eigenvalue weighted by Crippen LogP contribution is -2.44. The van der Waals surface area contributed by atoms with Crippen molar-refractivity contribution in [3.63, 3.8) is 0 Å². The van der Waals surface area contributed by atoms with Gasteiger partial charge in [0.15, 0.2) is 10.9 Å². The van der Waals surface area contributed by atoms with Gasteiger partial charge >= 0.3 is 0 Å². The van der Waals surface area contributed by atoms with Gasteiger partial charge in [-0.2, -0.15) is 0 Å². The summed E-state index contributed by atoms with van der Waals surface area (Å²) in [6.07, 6.45) is 0.185. The molecule has 1 saturated heterocycles. The van der Waals surface area contributed by atoms with Crippen molar-refractivity contribution in [3.8, 4) is 0 Å². The van der Waals surface area contributed by atoms with Gasteiger partial charge in [-0.25, -0.2) is 13.8 Å². The maximum absolute atomic E-state index is 14.0. The van der Waals surface area contributed by atoms with Crippen molar-refractivity contribution in [2.45, 2.75) is 12.8 Å². The normalized spacial score (nSPS) is 14.6. The summed E-state index contributed by atoms with van der Waals surface area (Å²) in [5, 5.41) is 0.195. The first-order valence-electron chi connectivity index (χ1n) is 8.30. The summed E-state index contributed by atoms with van der Waals surface area (Å²) in [5.74, 6) is -2.82. The van der Waals surface area contributed by atoms with Gasteiger partial charge < -0.3 is 4.90 Å². The molecule has 0 saturated carbocycles. The number of hydrogen-bond acceptors (Lipinski definition) is 6. The van der Waals surface area contributed by atoms with Crippen molar-refractivity contribution in [2.24, 2.45) is 0 Å². The molecule has 7 nitrogen and oxygen atoms in total. The Morgan fingerprint density at radius 2 is 1.85 bits per heavy atom. The Hall–Kier alpha value is -2.46. The zero-order chi connectivity index (χ0) is 19.7. The number of imide groups is 1. The van der Waals surface area contributed by atoms with Crippen LogP contribution in [-0.4, -0.2) is 66.2 Å². The summed E-state index contributed by atoms with van der Waals surface area (Å²) in [7, 11) is 3.65. The van der Waals surface area contributed by atoms with Crippen LogP contribution in [0.4, 0.5) is 13.9 Å². The number of benzene rings is 1. The van der Waals surface area contributed by atoms with Gasteiger partial charge in [0.05, 0.1) is 4.70 Å². The number of aromatic nitrogens is 1. The number of rotatable bonds is 6. The number of likely N-dealkylation sites (N-methyl/N-ethyl adjacent to an activating group) is 1. The molecule has 0 unspecified atom stereocenters. The molecule has 10 heteroatoms. The largest absolute Gasteiger partial charge is 0.308 e. The smallest absolute Gasteiger partial charge is 0.248 e. The lowest BCUT2D eigenvalue weighted by atomic mass is 10.3. The number of fused-ring (bicyclic) bond motifs is 1. The van der Waals surface area contributed by atoms with Gasteiger partial charge in [-0.05, 0) is 20.2 Å². The van der Waals surface area contributed by atoms with Crippen LogP contribution in [0.2, 0.25) is 0 Å². The van der Waals surface area contributed by atoms with Gasteiger partial charge in [-0.1, -0.05) is 11.3 Å². The highest BCUT2D eigenvalue weighted by Crippen LogP contribution is 2.31. The summed E-state index contributed by atoms with van der Waals surface area (Å²) in [6, 6.07) is 1.89. The van der Waals surface area contributed by atoms with E-state index in [1.165, 1.54) is 4.90 Å². The van der Waals surface area contributed by atoms with E-state index in [0.717, 1.165) is 28.4 Å². The van der Waals surface area contributed by atoms with Crippen molar-refractivity contribution < 1.29 is 23.2 Å². The fraction of sp³-hybridized carbons (Fsp3) is 0.412. The average Bonchev–Trinajstić information content (AvgIpc) is 3.13. The molecule has 3 rings (SSSR count). The van der Waals surface area contributed by atoms with Crippen molar-refractivity contribution in [1.82, 2.24) is 14.8 Å². The van der Waals surface area contributed by atoms with E-state index >= 15 is 0 Å². The number of nitrogens with zero attached hydrogens (tertiary/aromatic N) is 4. The fourth-order valence-electron chi connectivity index (χ4n) is 2.71. The van der Waals surface area contributed by atoms with Crippen LogP contribution < -0.4 is 4.90 Å². The van der Waals surface area contributed by atoms with Gasteiger partial charge in [0.1, 0.15) is 17.9 Å². The minimum Gasteiger partial charge on any atom is -0.308 e. The second-order valence-corrected chi connectivity index (χ2v) is 7.46. The zero-order valence-corrected chi connectivity index (χ0v) is 15.7. The fourth-order valence-corrected chi connectivity index (χ4v) is 3.76. The first-order valence-corrected chi connectivity index (χ1v) is 9.12. The van der Waals surface area contributed by atoms with E-state index in [9.17, 15) is 23.2 Å². The molecule has 144 valence electrons. The van der Waals surface area contributed by atoms with Gasteiger partial charge in [0.25, 0.3) is 0 Å². The maximum Gasteiger partial charge on any atom is 0.248 e. The van der Waals surface area contributed by atoms with Crippen molar-refractivity contribution in [1.29, 1.82) is 0 Å². The first-order chi connectivity index (χ1) is 12.8. The van der Waals surface area contributed by atoms with Gasteiger partial charge in [-0.3, -0.25) is 24.2 Å². The van der Waals surface area contributed by atoms with Crippen LogP contribution in [-0.2, 0) is 14.4 Å². The van der Waals surface area contributed by atoms with Crippen LogP contribution in [0.1, 0.15) is 12.8 Å². The number of halogens is 2. The molecule has 2 aromatic rings. The minimum atomic E-state index is -0.808. The number of hydrogen-bond donors (Lipinski definition) is 0. The van der Waals surface area contributed by atoms with Gasteiger partial charge in [-0.15, -0.1) is 0 Å². The van der Waals surface area contributed by atoms with Crippen molar-refractivity contribution in [3.05, 3.63) is 23.8 Å². The Morgan fingerprint density at radius 3 is 2.48 bits per heavy atom. The van der Waals surface area contributed by atoms with E-state index in [-0.39, 0.29) is 34.7 Å². The molecule has 1 aromatic carbocycles. The lowest BCUT2D eigenvalue weighted by Gasteiger charge is -2.24. The Balaban J connectivity index is 1.91. The van der Waals surface area contributed by atoms with Crippen molar-refractivity contribution >= 4 is 44.4 Å². The lowest BCUT2D eigenvalue weighted by molar-refractivity contribution is -0.141. The quantitative estimate of drug-likeness (QED) is 0.694. The Labute approximate surface area is 158 Å². The predicted octanol–water partition coefficient (Wildman–Crippen LogP) is 1.62. The SMILES string of the molecule is CN(C)CCN(C(=O)CN1C(=O)CCC1=O)c1nc2c(F)cc(F)cc2s1. The Kier molecular flexibility index (Phi) is 5.47. The molecule has 0 bridgehead atoms. The molecule has 1 aliphatic rings. The Bertz CT molecular complexity index is 899. The van der Waals surface area contributed by atoms with Crippen LogP contribution >= 0.6 is 11.3 Å². The molecule has 3 amide bonds. The topological polar surface area (TPSA) is 73.8 Å². The number of likely N-dealkylation sites (tertiary alicyclic amines) is 1. The molecular formula is C17H18F2N4O3S. The highest BCUT2D eigenvalue weighted by molar-refractivity contribution is 7.22. The number of carbonyl (C=O) groups is 3. The first kappa shape index (κ1) is 19.3. The van der Waals surface area contributed by atoms with E-state index in [4.69, 9.17) is 0 Å². The molecule has 1 fully saturated rings. The third-order valence-corrected chi connectivity index (χ3v) is 5.18. The zero-order valence-electron chi connectivity index (χ0n) is 14.9. The summed E-state index contributed by atoms with van der Waals surface area (Å²) < 4.78 is 27.7. The van der Waals surface area contributed by atoms with E-state index in [1.807, 2.05) is 19.0 Å². The molecule has 2 heterocycles. The van der Waals surface area contributed by atoms with E-state index in [1.54, 1.807) is 0 Å². The molecule has 1 aliphatic heterocycles. The number of anilines is 1. The Morgan fingerprint density at radius 1 is 1.19 bits per heavy atom. The minimum absolute atomic E-state index is 0.0209. The van der Waals surface area contributed by atoms with Crippen LogP contribution in [0.25, 0.3) is 10.2 Å². The highest BCUT2D eigenvalue weighted by Gasteiger charge is 2.32. The molecule has 0 spiro atoms. The van der Waals surface area contributed by atoms with E-state index in [2.05, 4.69) is 4.98 Å². The number of amides is 3. The second-order valence-electron chi connectivity index (χ2n) is 6.45.